The van der Waals surface area contributed by atoms with Crippen molar-refractivity contribution in [2.45, 2.75) is 19.4 Å². The van der Waals surface area contributed by atoms with Gasteiger partial charge in [-0.3, -0.25) is 0 Å². The summed E-state index contributed by atoms with van der Waals surface area (Å²) in [6, 6.07) is 5.72. The summed E-state index contributed by atoms with van der Waals surface area (Å²) in [4.78, 5) is 0. The summed E-state index contributed by atoms with van der Waals surface area (Å²) < 4.78 is 15.9. The molecule has 0 aliphatic carbocycles. The van der Waals surface area contributed by atoms with E-state index < -0.39 is 0 Å². The molecule has 5 heteroatoms. The third-order valence-corrected chi connectivity index (χ3v) is 2.73. The summed E-state index contributed by atoms with van der Waals surface area (Å²) in [5, 5.41) is 3.26. The van der Waals surface area contributed by atoms with Crippen LogP contribution in [0.15, 0.2) is 18.2 Å². The number of anilines is 2. The lowest BCUT2D eigenvalue weighted by molar-refractivity contribution is 0.0366. The van der Waals surface area contributed by atoms with Crippen molar-refractivity contribution in [2.24, 2.45) is 0 Å². The van der Waals surface area contributed by atoms with Gasteiger partial charge in [-0.25, -0.2) is 0 Å². The molecule has 0 aliphatic rings. The smallest absolute Gasteiger partial charge is 0.144 e. The van der Waals surface area contributed by atoms with Gasteiger partial charge in [-0.1, -0.05) is 13.0 Å². The van der Waals surface area contributed by atoms with E-state index in [-0.39, 0.29) is 6.10 Å². The molecule has 1 unspecified atom stereocenters. The van der Waals surface area contributed by atoms with Crippen LogP contribution in [0.25, 0.3) is 0 Å². The lowest BCUT2D eigenvalue weighted by Gasteiger charge is -2.18. The second-order valence-corrected chi connectivity index (χ2v) is 4.26. The number of para-hydroxylation sites is 1. The molecule has 0 spiro atoms. The highest BCUT2D eigenvalue weighted by atomic mass is 16.5. The SMILES string of the molecule is CCCOc1cccc(NCC(COC)OC)c1N. The topological polar surface area (TPSA) is 65.7 Å². The summed E-state index contributed by atoms with van der Waals surface area (Å²) in [6.45, 7) is 3.89. The molecule has 5 nitrogen and oxygen atoms in total. The molecule has 1 aromatic rings. The number of nitrogens with two attached hydrogens (primary N) is 1. The Morgan fingerprint density at radius 1 is 1.32 bits per heavy atom. The van der Waals surface area contributed by atoms with E-state index in [1.54, 1.807) is 14.2 Å². The first kappa shape index (κ1) is 15.6. The zero-order chi connectivity index (χ0) is 14.1. The first-order valence-electron chi connectivity index (χ1n) is 6.49. The predicted molar refractivity (Wildman–Crippen MR) is 77.8 cm³/mol. The van der Waals surface area contributed by atoms with Crippen LogP contribution in [0.3, 0.4) is 0 Å². The van der Waals surface area contributed by atoms with Crippen LogP contribution in [0.4, 0.5) is 11.4 Å². The van der Waals surface area contributed by atoms with Crippen LogP contribution < -0.4 is 15.8 Å². The maximum atomic E-state index is 6.07. The molecule has 0 aromatic heterocycles. The third-order valence-electron chi connectivity index (χ3n) is 2.73. The maximum Gasteiger partial charge on any atom is 0.144 e. The molecule has 0 heterocycles. The highest BCUT2D eigenvalue weighted by Gasteiger charge is 2.09. The van der Waals surface area contributed by atoms with E-state index in [9.17, 15) is 0 Å². The lowest BCUT2D eigenvalue weighted by Crippen LogP contribution is -2.26. The Balaban J connectivity index is 2.62. The van der Waals surface area contributed by atoms with Gasteiger partial charge in [0.2, 0.25) is 0 Å². The Labute approximate surface area is 115 Å². The van der Waals surface area contributed by atoms with E-state index in [1.807, 2.05) is 18.2 Å². The van der Waals surface area contributed by atoms with Crippen LogP contribution >= 0.6 is 0 Å². The summed E-state index contributed by atoms with van der Waals surface area (Å²) >= 11 is 0. The predicted octanol–water partition coefficient (Wildman–Crippen LogP) is 2.13. The van der Waals surface area contributed by atoms with Gasteiger partial charge in [-0.2, -0.15) is 0 Å². The fourth-order valence-electron chi connectivity index (χ4n) is 1.66. The fourth-order valence-corrected chi connectivity index (χ4v) is 1.66. The molecule has 0 amide bonds. The van der Waals surface area contributed by atoms with Crippen molar-refractivity contribution >= 4 is 11.4 Å². The Morgan fingerprint density at radius 2 is 2.11 bits per heavy atom. The van der Waals surface area contributed by atoms with Crippen molar-refractivity contribution in [3.8, 4) is 5.75 Å². The normalized spacial score (nSPS) is 12.2. The minimum atomic E-state index is -0.00961. The monoisotopic (exact) mass is 268 g/mol. The van der Waals surface area contributed by atoms with Gasteiger partial charge in [0.15, 0.2) is 0 Å². The molecule has 0 fully saturated rings. The molecular formula is C14H24N2O3. The average Bonchev–Trinajstić information content (AvgIpc) is 2.43. The minimum absolute atomic E-state index is 0.00961. The van der Waals surface area contributed by atoms with Crippen molar-refractivity contribution in [3.05, 3.63) is 18.2 Å². The van der Waals surface area contributed by atoms with Crippen molar-refractivity contribution in [1.29, 1.82) is 0 Å². The molecular weight excluding hydrogens is 244 g/mol. The molecule has 1 rings (SSSR count). The maximum absolute atomic E-state index is 6.07. The van der Waals surface area contributed by atoms with Gasteiger partial charge >= 0.3 is 0 Å². The van der Waals surface area contributed by atoms with Crippen LogP contribution in [0.1, 0.15) is 13.3 Å². The Morgan fingerprint density at radius 3 is 2.74 bits per heavy atom. The van der Waals surface area contributed by atoms with Crippen molar-refractivity contribution in [2.75, 3.05) is 45.0 Å². The average molecular weight is 268 g/mol. The van der Waals surface area contributed by atoms with Crippen molar-refractivity contribution < 1.29 is 14.2 Å². The highest BCUT2D eigenvalue weighted by molar-refractivity contribution is 5.72. The third kappa shape index (κ3) is 4.96. The molecule has 3 N–H and O–H groups in total. The lowest BCUT2D eigenvalue weighted by atomic mass is 10.2. The van der Waals surface area contributed by atoms with E-state index in [0.29, 0.717) is 31.2 Å². The van der Waals surface area contributed by atoms with Gasteiger partial charge < -0.3 is 25.3 Å². The quantitative estimate of drug-likeness (QED) is 0.672. The molecule has 0 saturated heterocycles. The Hall–Kier alpha value is -1.46. The summed E-state index contributed by atoms with van der Waals surface area (Å²) in [5.41, 5.74) is 7.55. The van der Waals surface area contributed by atoms with Gasteiger partial charge in [0.1, 0.15) is 5.75 Å². The number of benzene rings is 1. The first-order chi connectivity index (χ1) is 9.22. The van der Waals surface area contributed by atoms with Crippen LogP contribution in [0, 0.1) is 0 Å². The number of hydrogen-bond donors (Lipinski definition) is 2. The number of methoxy groups -OCH3 is 2. The number of nitrogens with one attached hydrogen (secondary N) is 1. The standard InChI is InChI=1S/C14H24N2O3/c1-4-8-19-13-7-5-6-12(14(13)15)16-9-11(18-3)10-17-2/h5-7,11,16H,4,8-10,15H2,1-3H3. The van der Waals surface area contributed by atoms with Crippen LogP contribution in [-0.2, 0) is 9.47 Å². The van der Waals surface area contributed by atoms with E-state index >= 15 is 0 Å². The number of nitrogen functional groups attached to an aromatic ring is 1. The zero-order valence-electron chi connectivity index (χ0n) is 11.9. The molecule has 1 aromatic carbocycles. The van der Waals surface area contributed by atoms with E-state index in [1.165, 1.54) is 0 Å². The number of rotatable bonds is 9. The number of hydrogen-bond acceptors (Lipinski definition) is 5. The molecule has 0 saturated carbocycles. The molecule has 108 valence electrons. The second kappa shape index (κ2) is 8.61. The van der Waals surface area contributed by atoms with Gasteiger partial charge in [0.05, 0.1) is 30.7 Å². The number of ether oxygens (including phenoxy) is 3. The molecule has 0 aliphatic heterocycles. The Bertz CT molecular complexity index is 372. The molecule has 19 heavy (non-hydrogen) atoms. The van der Waals surface area contributed by atoms with Crippen LogP contribution in [0.5, 0.6) is 5.75 Å². The van der Waals surface area contributed by atoms with Gasteiger partial charge in [-0.05, 0) is 18.6 Å². The van der Waals surface area contributed by atoms with Crippen molar-refractivity contribution in [1.82, 2.24) is 0 Å². The summed E-state index contributed by atoms with van der Waals surface area (Å²) in [5.74, 6) is 0.715. The molecule has 0 radical (unpaired) electrons. The fraction of sp³-hybridized carbons (Fsp3) is 0.571. The van der Waals surface area contributed by atoms with Crippen LogP contribution in [0.2, 0.25) is 0 Å². The van der Waals surface area contributed by atoms with E-state index in [4.69, 9.17) is 19.9 Å². The van der Waals surface area contributed by atoms with Gasteiger partial charge in [-0.15, -0.1) is 0 Å². The first-order valence-corrected chi connectivity index (χ1v) is 6.49. The van der Waals surface area contributed by atoms with E-state index in [0.717, 1.165) is 12.1 Å². The van der Waals surface area contributed by atoms with Crippen molar-refractivity contribution in [3.63, 3.8) is 0 Å². The minimum Gasteiger partial charge on any atom is -0.491 e. The molecule has 1 atom stereocenters. The molecule has 0 bridgehead atoms. The second-order valence-electron chi connectivity index (χ2n) is 4.26. The van der Waals surface area contributed by atoms with Crippen LogP contribution in [-0.4, -0.2) is 40.1 Å². The van der Waals surface area contributed by atoms with Gasteiger partial charge in [0.25, 0.3) is 0 Å². The van der Waals surface area contributed by atoms with E-state index in [2.05, 4.69) is 12.2 Å². The highest BCUT2D eigenvalue weighted by Crippen LogP contribution is 2.29. The summed E-state index contributed by atoms with van der Waals surface area (Å²) in [7, 11) is 3.31. The largest absolute Gasteiger partial charge is 0.491 e. The summed E-state index contributed by atoms with van der Waals surface area (Å²) in [6.07, 6.45) is 0.945. The van der Waals surface area contributed by atoms with Gasteiger partial charge in [0, 0.05) is 20.8 Å². The Kier molecular flexibility index (Phi) is 7.07. The zero-order valence-corrected chi connectivity index (χ0v) is 11.9.